The SMILES string of the molecule is CC(C)C[C@H](N)C(=O)NC1CCCc2nc(-c3ccc(F)cc3)sc21.Cl. The lowest BCUT2D eigenvalue weighted by molar-refractivity contribution is -0.123. The van der Waals surface area contributed by atoms with Crippen LogP contribution in [0, 0.1) is 11.7 Å². The van der Waals surface area contributed by atoms with Crippen molar-refractivity contribution in [2.75, 3.05) is 0 Å². The molecule has 0 spiro atoms. The van der Waals surface area contributed by atoms with Gasteiger partial charge in [0, 0.05) is 5.56 Å². The number of nitrogens with zero attached hydrogens (tertiary/aromatic N) is 1. The van der Waals surface area contributed by atoms with E-state index in [4.69, 9.17) is 10.7 Å². The van der Waals surface area contributed by atoms with Crippen LogP contribution in [-0.2, 0) is 11.2 Å². The number of hydrogen-bond donors (Lipinski definition) is 2. The highest BCUT2D eigenvalue weighted by Crippen LogP contribution is 2.38. The minimum Gasteiger partial charge on any atom is -0.347 e. The summed E-state index contributed by atoms with van der Waals surface area (Å²) in [5, 5.41) is 3.97. The number of carbonyl (C=O) groups is 1. The lowest BCUT2D eigenvalue weighted by Gasteiger charge is -2.24. The Balaban J connectivity index is 0.00000243. The normalized spacial score (nSPS) is 17.3. The molecule has 0 saturated carbocycles. The Morgan fingerprint density at radius 3 is 2.73 bits per heavy atom. The second kappa shape index (κ2) is 8.93. The van der Waals surface area contributed by atoms with E-state index in [1.807, 2.05) is 0 Å². The molecule has 3 rings (SSSR count). The smallest absolute Gasteiger partial charge is 0.237 e. The molecule has 7 heteroatoms. The maximum Gasteiger partial charge on any atom is 0.237 e. The molecule has 4 nitrogen and oxygen atoms in total. The van der Waals surface area contributed by atoms with E-state index in [2.05, 4.69) is 19.2 Å². The Kier molecular flexibility index (Phi) is 7.15. The number of halogens is 2. The second-order valence-corrected chi connectivity index (χ2v) is 8.06. The van der Waals surface area contributed by atoms with Crippen molar-refractivity contribution in [3.8, 4) is 10.6 Å². The molecule has 1 aromatic carbocycles. The third-order valence-electron chi connectivity index (χ3n) is 4.42. The van der Waals surface area contributed by atoms with Crippen LogP contribution in [0.1, 0.15) is 49.7 Å². The van der Waals surface area contributed by atoms with Crippen molar-refractivity contribution in [2.45, 2.75) is 51.6 Å². The third-order valence-corrected chi connectivity index (χ3v) is 5.68. The number of rotatable bonds is 5. The van der Waals surface area contributed by atoms with Crippen LogP contribution in [0.2, 0.25) is 0 Å². The van der Waals surface area contributed by atoms with Gasteiger partial charge < -0.3 is 11.1 Å². The average molecular weight is 398 g/mol. The lowest BCUT2D eigenvalue weighted by atomic mass is 9.97. The Hall–Kier alpha value is -1.50. The van der Waals surface area contributed by atoms with E-state index in [9.17, 15) is 9.18 Å². The molecule has 1 aromatic heterocycles. The van der Waals surface area contributed by atoms with E-state index < -0.39 is 6.04 Å². The molecule has 3 N–H and O–H groups in total. The predicted octanol–water partition coefficient (Wildman–Crippen LogP) is 4.24. The fraction of sp³-hybridized carbons (Fsp3) is 0.474. The first kappa shape index (κ1) is 20.8. The van der Waals surface area contributed by atoms with Gasteiger partial charge >= 0.3 is 0 Å². The quantitative estimate of drug-likeness (QED) is 0.792. The van der Waals surface area contributed by atoms with Crippen LogP contribution >= 0.6 is 23.7 Å². The highest BCUT2D eigenvalue weighted by atomic mass is 35.5. The number of aromatic nitrogens is 1. The van der Waals surface area contributed by atoms with Crippen LogP contribution in [0.15, 0.2) is 24.3 Å². The average Bonchev–Trinajstić information content (AvgIpc) is 3.00. The molecular formula is C19H25ClFN3OS. The van der Waals surface area contributed by atoms with E-state index in [-0.39, 0.29) is 30.2 Å². The maximum atomic E-state index is 13.1. The minimum absolute atomic E-state index is 0. The van der Waals surface area contributed by atoms with E-state index in [0.29, 0.717) is 12.3 Å². The summed E-state index contributed by atoms with van der Waals surface area (Å²) in [6.45, 7) is 4.12. The van der Waals surface area contributed by atoms with Gasteiger partial charge in [-0.1, -0.05) is 13.8 Å². The molecule has 0 saturated heterocycles. The number of thiazole rings is 1. The van der Waals surface area contributed by atoms with Crippen molar-refractivity contribution in [3.05, 3.63) is 40.7 Å². The van der Waals surface area contributed by atoms with Crippen molar-refractivity contribution >= 4 is 29.7 Å². The van der Waals surface area contributed by atoms with Crippen molar-refractivity contribution in [2.24, 2.45) is 11.7 Å². The summed E-state index contributed by atoms with van der Waals surface area (Å²) in [4.78, 5) is 18.2. The molecule has 0 bridgehead atoms. The highest BCUT2D eigenvalue weighted by Gasteiger charge is 2.28. The molecule has 1 unspecified atom stereocenters. The number of fused-ring (bicyclic) bond motifs is 1. The summed E-state index contributed by atoms with van der Waals surface area (Å²) in [7, 11) is 0. The first-order valence-electron chi connectivity index (χ1n) is 8.75. The van der Waals surface area contributed by atoms with Gasteiger partial charge in [-0.25, -0.2) is 9.37 Å². The van der Waals surface area contributed by atoms with Crippen LogP contribution < -0.4 is 11.1 Å². The summed E-state index contributed by atoms with van der Waals surface area (Å²) >= 11 is 1.58. The molecule has 0 aliphatic heterocycles. The summed E-state index contributed by atoms with van der Waals surface area (Å²) in [5.74, 6) is 0.0359. The second-order valence-electron chi connectivity index (χ2n) is 7.03. The van der Waals surface area contributed by atoms with Gasteiger partial charge in [-0.05, 0) is 55.9 Å². The Labute approximate surface area is 163 Å². The fourth-order valence-corrected chi connectivity index (χ4v) is 4.37. The standard InChI is InChI=1S/C19H24FN3OS.ClH/c1-11(2)10-14(21)18(24)22-15-4-3-5-16-17(15)25-19(23-16)12-6-8-13(20)9-7-12;/h6-9,11,14-15H,3-5,10,21H2,1-2H3,(H,22,24);1H/t14-,15?;/m0./s1. The summed E-state index contributed by atoms with van der Waals surface area (Å²) < 4.78 is 13.1. The van der Waals surface area contributed by atoms with Crippen LogP contribution in [0.5, 0.6) is 0 Å². The van der Waals surface area contributed by atoms with Crippen molar-refractivity contribution in [1.82, 2.24) is 10.3 Å². The maximum absolute atomic E-state index is 13.1. The van der Waals surface area contributed by atoms with Gasteiger partial charge in [0.25, 0.3) is 0 Å². The van der Waals surface area contributed by atoms with Crippen molar-refractivity contribution in [3.63, 3.8) is 0 Å². The van der Waals surface area contributed by atoms with Gasteiger partial charge in [-0.2, -0.15) is 0 Å². The lowest BCUT2D eigenvalue weighted by Crippen LogP contribution is -2.43. The molecule has 0 radical (unpaired) electrons. The van der Waals surface area contributed by atoms with E-state index >= 15 is 0 Å². The summed E-state index contributed by atoms with van der Waals surface area (Å²) in [6.07, 6.45) is 3.48. The van der Waals surface area contributed by atoms with Crippen molar-refractivity contribution in [1.29, 1.82) is 0 Å². The van der Waals surface area contributed by atoms with Gasteiger partial charge in [-0.15, -0.1) is 23.7 Å². The van der Waals surface area contributed by atoms with E-state index in [0.717, 1.165) is 40.4 Å². The van der Waals surface area contributed by atoms with Crippen LogP contribution in [0.25, 0.3) is 10.6 Å². The topological polar surface area (TPSA) is 68.0 Å². The largest absolute Gasteiger partial charge is 0.347 e. The van der Waals surface area contributed by atoms with Gasteiger partial charge in [-0.3, -0.25) is 4.79 Å². The Bertz CT molecular complexity index is 748. The number of aryl methyl sites for hydroxylation is 1. The number of hydrogen-bond acceptors (Lipinski definition) is 4. The molecule has 1 amide bonds. The molecule has 1 aliphatic rings. The number of amides is 1. The molecule has 26 heavy (non-hydrogen) atoms. The molecular weight excluding hydrogens is 373 g/mol. The van der Waals surface area contributed by atoms with Gasteiger partial charge in [0.2, 0.25) is 5.91 Å². The van der Waals surface area contributed by atoms with Crippen molar-refractivity contribution < 1.29 is 9.18 Å². The molecule has 142 valence electrons. The summed E-state index contributed by atoms with van der Waals surface area (Å²) in [6, 6.07) is 5.87. The number of nitrogens with one attached hydrogen (secondary N) is 1. The summed E-state index contributed by atoms with van der Waals surface area (Å²) in [5.41, 5.74) is 7.95. The third kappa shape index (κ3) is 4.81. The molecule has 2 atom stereocenters. The molecule has 0 fully saturated rings. The Morgan fingerprint density at radius 1 is 1.38 bits per heavy atom. The fourth-order valence-electron chi connectivity index (χ4n) is 3.17. The number of benzene rings is 1. The predicted molar refractivity (Wildman–Crippen MR) is 106 cm³/mol. The Morgan fingerprint density at radius 2 is 2.08 bits per heavy atom. The number of carbonyl (C=O) groups excluding carboxylic acids is 1. The molecule has 1 aliphatic carbocycles. The zero-order valence-corrected chi connectivity index (χ0v) is 16.6. The van der Waals surface area contributed by atoms with E-state index in [1.54, 1.807) is 23.5 Å². The minimum atomic E-state index is -0.477. The van der Waals surface area contributed by atoms with Gasteiger partial charge in [0.05, 0.1) is 22.7 Å². The first-order valence-corrected chi connectivity index (χ1v) is 9.57. The van der Waals surface area contributed by atoms with E-state index in [1.165, 1.54) is 12.1 Å². The van der Waals surface area contributed by atoms with Crippen LogP contribution in [-0.4, -0.2) is 16.9 Å². The first-order chi connectivity index (χ1) is 11.9. The van der Waals surface area contributed by atoms with Gasteiger partial charge in [0.15, 0.2) is 0 Å². The highest BCUT2D eigenvalue weighted by molar-refractivity contribution is 7.15. The van der Waals surface area contributed by atoms with Gasteiger partial charge in [0.1, 0.15) is 10.8 Å². The zero-order chi connectivity index (χ0) is 18.0. The van der Waals surface area contributed by atoms with Crippen LogP contribution in [0.3, 0.4) is 0 Å². The molecule has 2 aromatic rings. The number of nitrogens with two attached hydrogens (primary N) is 1. The molecule has 1 heterocycles. The monoisotopic (exact) mass is 397 g/mol. The van der Waals surface area contributed by atoms with Crippen LogP contribution in [0.4, 0.5) is 4.39 Å². The zero-order valence-electron chi connectivity index (χ0n) is 15.0.